The third-order valence-corrected chi connectivity index (χ3v) is 5.65. The van der Waals surface area contributed by atoms with Crippen LogP contribution in [0.5, 0.6) is 11.5 Å². The van der Waals surface area contributed by atoms with Gasteiger partial charge in [0.15, 0.2) is 0 Å². The summed E-state index contributed by atoms with van der Waals surface area (Å²) in [6, 6.07) is 14.7. The molecule has 166 valence electrons. The summed E-state index contributed by atoms with van der Waals surface area (Å²) in [5, 5.41) is 3.00. The molecule has 1 N–H and O–H groups in total. The van der Waals surface area contributed by atoms with Crippen molar-refractivity contribution in [1.29, 1.82) is 0 Å². The minimum Gasteiger partial charge on any atom is -0.497 e. The molecule has 1 aliphatic rings. The highest BCUT2D eigenvalue weighted by atomic mass is 16.5. The molecule has 2 aromatic carbocycles. The Morgan fingerprint density at radius 2 is 1.55 bits per heavy atom. The van der Waals surface area contributed by atoms with E-state index in [-0.39, 0.29) is 23.7 Å². The quantitative estimate of drug-likeness (QED) is 0.624. The van der Waals surface area contributed by atoms with E-state index in [1.165, 1.54) is 0 Å². The molecule has 0 unspecified atom stereocenters. The second-order valence-corrected chi connectivity index (χ2v) is 7.56. The molecule has 2 atom stereocenters. The Hall–Kier alpha value is -3.06. The largest absolute Gasteiger partial charge is 0.497 e. The van der Waals surface area contributed by atoms with Crippen molar-refractivity contribution in [2.45, 2.75) is 12.3 Å². The van der Waals surface area contributed by atoms with Crippen molar-refractivity contribution in [3.05, 3.63) is 59.7 Å². The lowest BCUT2D eigenvalue weighted by Gasteiger charge is -2.18. The average Bonchev–Trinajstić information content (AvgIpc) is 3.27. The predicted octanol–water partition coefficient (Wildman–Crippen LogP) is 2.71. The van der Waals surface area contributed by atoms with Crippen molar-refractivity contribution >= 4 is 11.8 Å². The number of amides is 2. The first-order valence-electron chi connectivity index (χ1n) is 10.4. The summed E-state index contributed by atoms with van der Waals surface area (Å²) in [4.78, 5) is 27.8. The van der Waals surface area contributed by atoms with Crippen LogP contribution in [0.1, 0.15) is 28.3 Å². The van der Waals surface area contributed by atoms with Crippen molar-refractivity contribution < 1.29 is 23.8 Å². The maximum absolute atomic E-state index is 13.1. The summed E-state index contributed by atoms with van der Waals surface area (Å²) in [6.45, 7) is 1.99. The van der Waals surface area contributed by atoms with E-state index in [1.54, 1.807) is 50.5 Å². The Kier molecular flexibility index (Phi) is 7.89. The Labute approximate surface area is 183 Å². The van der Waals surface area contributed by atoms with E-state index in [1.807, 2.05) is 24.3 Å². The highest BCUT2D eigenvalue weighted by molar-refractivity contribution is 5.95. The fourth-order valence-electron chi connectivity index (χ4n) is 3.90. The number of benzene rings is 2. The SMILES string of the molecule is COCCCNC(=O)[C@H]1CN(C(=O)c2ccc(OC)cc2)C[C@@H]1c1ccc(OC)cc1. The van der Waals surface area contributed by atoms with E-state index in [2.05, 4.69) is 5.32 Å². The first-order valence-corrected chi connectivity index (χ1v) is 10.4. The third-order valence-electron chi connectivity index (χ3n) is 5.65. The van der Waals surface area contributed by atoms with Gasteiger partial charge in [0, 0.05) is 44.8 Å². The number of ether oxygens (including phenoxy) is 3. The van der Waals surface area contributed by atoms with Gasteiger partial charge in [-0.2, -0.15) is 0 Å². The van der Waals surface area contributed by atoms with Crippen LogP contribution in [0.15, 0.2) is 48.5 Å². The third kappa shape index (κ3) is 5.55. The van der Waals surface area contributed by atoms with Crippen molar-refractivity contribution in [3.63, 3.8) is 0 Å². The smallest absolute Gasteiger partial charge is 0.253 e. The minimum absolute atomic E-state index is 0.0399. The predicted molar refractivity (Wildman–Crippen MR) is 118 cm³/mol. The lowest BCUT2D eigenvalue weighted by Crippen LogP contribution is -2.36. The van der Waals surface area contributed by atoms with Crippen LogP contribution in [-0.2, 0) is 9.53 Å². The van der Waals surface area contributed by atoms with Gasteiger partial charge in [-0.1, -0.05) is 12.1 Å². The van der Waals surface area contributed by atoms with Crippen molar-refractivity contribution in [2.24, 2.45) is 5.92 Å². The number of carbonyl (C=O) groups excluding carboxylic acids is 2. The molecule has 2 amide bonds. The molecular formula is C24H30N2O5. The fraction of sp³-hybridized carbons (Fsp3) is 0.417. The van der Waals surface area contributed by atoms with Crippen molar-refractivity contribution in [1.82, 2.24) is 10.2 Å². The van der Waals surface area contributed by atoms with Crippen LogP contribution >= 0.6 is 0 Å². The monoisotopic (exact) mass is 426 g/mol. The summed E-state index contributed by atoms with van der Waals surface area (Å²) >= 11 is 0. The molecule has 7 heteroatoms. The zero-order chi connectivity index (χ0) is 22.2. The minimum atomic E-state index is -0.321. The van der Waals surface area contributed by atoms with E-state index in [0.29, 0.717) is 37.6 Å². The molecule has 1 saturated heterocycles. The molecule has 1 aliphatic heterocycles. The number of nitrogens with zero attached hydrogens (tertiary/aromatic N) is 1. The van der Waals surface area contributed by atoms with Crippen molar-refractivity contribution in [2.75, 3.05) is 47.6 Å². The molecule has 3 rings (SSSR count). The van der Waals surface area contributed by atoms with Gasteiger partial charge in [-0.3, -0.25) is 9.59 Å². The normalized spacial score (nSPS) is 18.0. The molecule has 0 saturated carbocycles. The van der Waals surface area contributed by atoms with Gasteiger partial charge in [-0.05, 0) is 48.4 Å². The summed E-state index contributed by atoms with van der Waals surface area (Å²) in [7, 11) is 4.85. The fourth-order valence-corrected chi connectivity index (χ4v) is 3.90. The highest BCUT2D eigenvalue weighted by Crippen LogP contribution is 2.34. The first kappa shape index (κ1) is 22.6. The summed E-state index contributed by atoms with van der Waals surface area (Å²) in [5.74, 6) is 0.919. The summed E-state index contributed by atoms with van der Waals surface area (Å²) in [5.41, 5.74) is 1.60. The van der Waals surface area contributed by atoms with E-state index in [9.17, 15) is 9.59 Å². The number of nitrogens with one attached hydrogen (secondary N) is 1. The zero-order valence-electron chi connectivity index (χ0n) is 18.3. The maximum atomic E-state index is 13.1. The standard InChI is InChI=1S/C24H30N2O5/c1-29-14-4-13-25-23(27)22-16-26(24(28)18-7-11-20(31-3)12-8-18)15-21(22)17-5-9-19(30-2)10-6-17/h5-12,21-22H,4,13-16H2,1-3H3,(H,25,27)/t21-,22+/m1/s1. The molecule has 1 heterocycles. The van der Waals surface area contributed by atoms with Gasteiger partial charge in [0.05, 0.1) is 20.1 Å². The Balaban J connectivity index is 1.77. The Morgan fingerprint density at radius 1 is 0.935 bits per heavy atom. The number of hydrogen-bond acceptors (Lipinski definition) is 5. The van der Waals surface area contributed by atoms with E-state index >= 15 is 0 Å². The second kappa shape index (κ2) is 10.8. The van der Waals surface area contributed by atoms with Gasteiger partial charge in [0.1, 0.15) is 11.5 Å². The lowest BCUT2D eigenvalue weighted by molar-refractivity contribution is -0.124. The molecule has 0 aromatic heterocycles. The van der Waals surface area contributed by atoms with Gasteiger partial charge < -0.3 is 24.4 Å². The van der Waals surface area contributed by atoms with Gasteiger partial charge in [0.25, 0.3) is 5.91 Å². The molecule has 7 nitrogen and oxygen atoms in total. The highest BCUT2D eigenvalue weighted by Gasteiger charge is 2.40. The molecule has 0 spiro atoms. The number of methoxy groups -OCH3 is 3. The molecule has 2 aromatic rings. The summed E-state index contributed by atoms with van der Waals surface area (Å²) < 4.78 is 15.5. The molecule has 0 radical (unpaired) electrons. The van der Waals surface area contributed by atoms with Gasteiger partial charge in [0.2, 0.25) is 5.91 Å². The number of hydrogen-bond donors (Lipinski definition) is 1. The van der Waals surface area contributed by atoms with Crippen LogP contribution in [0.25, 0.3) is 0 Å². The van der Waals surface area contributed by atoms with Crippen LogP contribution in [0.2, 0.25) is 0 Å². The van der Waals surface area contributed by atoms with Crippen LogP contribution in [0.3, 0.4) is 0 Å². The molecule has 31 heavy (non-hydrogen) atoms. The lowest BCUT2D eigenvalue weighted by atomic mass is 9.88. The van der Waals surface area contributed by atoms with E-state index in [4.69, 9.17) is 14.2 Å². The maximum Gasteiger partial charge on any atom is 0.253 e. The second-order valence-electron chi connectivity index (χ2n) is 7.56. The number of rotatable bonds is 9. The van der Waals surface area contributed by atoms with Crippen LogP contribution in [0, 0.1) is 5.92 Å². The average molecular weight is 427 g/mol. The molecule has 0 aliphatic carbocycles. The van der Waals surface area contributed by atoms with Gasteiger partial charge >= 0.3 is 0 Å². The first-order chi connectivity index (χ1) is 15.1. The summed E-state index contributed by atoms with van der Waals surface area (Å²) in [6.07, 6.45) is 0.747. The van der Waals surface area contributed by atoms with Crippen molar-refractivity contribution in [3.8, 4) is 11.5 Å². The Bertz CT molecular complexity index is 867. The molecular weight excluding hydrogens is 396 g/mol. The van der Waals surface area contributed by atoms with Gasteiger partial charge in [-0.15, -0.1) is 0 Å². The molecule has 0 bridgehead atoms. The number of carbonyl (C=O) groups is 2. The Morgan fingerprint density at radius 3 is 2.13 bits per heavy atom. The van der Waals surface area contributed by atoms with E-state index < -0.39 is 0 Å². The van der Waals surface area contributed by atoms with Crippen LogP contribution < -0.4 is 14.8 Å². The zero-order valence-corrected chi connectivity index (χ0v) is 18.3. The molecule has 1 fully saturated rings. The van der Waals surface area contributed by atoms with Crippen LogP contribution in [-0.4, -0.2) is 64.3 Å². The van der Waals surface area contributed by atoms with Crippen LogP contribution in [0.4, 0.5) is 0 Å². The number of likely N-dealkylation sites (tertiary alicyclic amines) is 1. The topological polar surface area (TPSA) is 77.1 Å². The van der Waals surface area contributed by atoms with Gasteiger partial charge in [-0.25, -0.2) is 0 Å². The van der Waals surface area contributed by atoms with E-state index in [0.717, 1.165) is 17.7 Å².